The van der Waals surface area contributed by atoms with Crippen LogP contribution in [-0.4, -0.2) is 29.7 Å². The van der Waals surface area contributed by atoms with Crippen LogP contribution in [0.3, 0.4) is 0 Å². The summed E-state index contributed by atoms with van der Waals surface area (Å²) in [6.45, 7) is 3.98. The molecule has 3 aromatic rings. The number of rotatable bonds is 6. The molecular formula is C21H17N3O3. The van der Waals surface area contributed by atoms with Crippen molar-refractivity contribution in [2.24, 2.45) is 0 Å². The molecule has 0 atom stereocenters. The SMILES string of the molecule is C=C(C#N)CNc1c(OC)ccc2ccc(-c3cccc(C(=O)O)n3)cc12. The monoisotopic (exact) mass is 359 g/mol. The third-order valence-electron chi connectivity index (χ3n) is 4.10. The lowest BCUT2D eigenvalue weighted by Crippen LogP contribution is -2.05. The number of fused-ring (bicyclic) bond motifs is 1. The molecular weight excluding hydrogens is 342 g/mol. The van der Waals surface area contributed by atoms with Crippen LogP contribution in [0.15, 0.2) is 60.7 Å². The highest BCUT2D eigenvalue weighted by atomic mass is 16.5. The highest BCUT2D eigenvalue weighted by Crippen LogP contribution is 2.35. The molecule has 0 saturated carbocycles. The summed E-state index contributed by atoms with van der Waals surface area (Å²) in [7, 11) is 1.58. The molecule has 3 rings (SSSR count). The van der Waals surface area contributed by atoms with Gasteiger partial charge in [0.2, 0.25) is 0 Å². The van der Waals surface area contributed by atoms with E-state index in [-0.39, 0.29) is 5.69 Å². The highest BCUT2D eigenvalue weighted by Gasteiger charge is 2.12. The third-order valence-corrected chi connectivity index (χ3v) is 4.10. The second-order valence-electron chi connectivity index (χ2n) is 5.86. The summed E-state index contributed by atoms with van der Waals surface area (Å²) in [5.41, 5.74) is 2.47. The molecule has 0 aliphatic rings. The summed E-state index contributed by atoms with van der Waals surface area (Å²) >= 11 is 0. The zero-order valence-electron chi connectivity index (χ0n) is 14.7. The van der Waals surface area contributed by atoms with E-state index in [9.17, 15) is 4.79 Å². The molecule has 2 aromatic carbocycles. The minimum atomic E-state index is -1.07. The number of ether oxygens (including phenoxy) is 1. The lowest BCUT2D eigenvalue weighted by Gasteiger charge is -2.15. The fraction of sp³-hybridized carbons (Fsp3) is 0.0952. The number of hydrogen-bond acceptors (Lipinski definition) is 5. The van der Waals surface area contributed by atoms with E-state index < -0.39 is 5.97 Å². The van der Waals surface area contributed by atoms with Gasteiger partial charge in [-0.1, -0.05) is 30.8 Å². The van der Waals surface area contributed by atoms with Gasteiger partial charge in [-0.15, -0.1) is 0 Å². The Morgan fingerprint density at radius 1 is 1.30 bits per heavy atom. The zero-order chi connectivity index (χ0) is 19.4. The van der Waals surface area contributed by atoms with Gasteiger partial charge < -0.3 is 15.2 Å². The van der Waals surface area contributed by atoms with Crippen molar-refractivity contribution in [1.82, 2.24) is 4.98 Å². The summed E-state index contributed by atoms with van der Waals surface area (Å²) in [6.07, 6.45) is 0. The van der Waals surface area contributed by atoms with Crippen molar-refractivity contribution >= 4 is 22.4 Å². The van der Waals surface area contributed by atoms with E-state index in [1.807, 2.05) is 36.4 Å². The van der Waals surface area contributed by atoms with Crippen LogP contribution in [0, 0.1) is 11.3 Å². The molecule has 6 heteroatoms. The first-order chi connectivity index (χ1) is 13.0. The van der Waals surface area contributed by atoms with Crippen molar-refractivity contribution in [3.05, 3.63) is 66.4 Å². The second-order valence-corrected chi connectivity index (χ2v) is 5.86. The lowest BCUT2D eigenvalue weighted by atomic mass is 10.0. The maximum Gasteiger partial charge on any atom is 0.354 e. The summed E-state index contributed by atoms with van der Waals surface area (Å²) in [5, 5.41) is 23.2. The van der Waals surface area contributed by atoms with Crippen LogP contribution in [-0.2, 0) is 0 Å². The van der Waals surface area contributed by atoms with Gasteiger partial charge in [-0.25, -0.2) is 9.78 Å². The zero-order valence-corrected chi connectivity index (χ0v) is 14.7. The van der Waals surface area contributed by atoms with Crippen molar-refractivity contribution in [1.29, 1.82) is 5.26 Å². The van der Waals surface area contributed by atoms with E-state index in [0.29, 0.717) is 23.6 Å². The fourth-order valence-corrected chi connectivity index (χ4v) is 2.76. The summed E-state index contributed by atoms with van der Waals surface area (Å²) < 4.78 is 5.45. The largest absolute Gasteiger partial charge is 0.495 e. The minimum Gasteiger partial charge on any atom is -0.495 e. The first kappa shape index (κ1) is 18.0. The number of nitrogens with one attached hydrogen (secondary N) is 1. The standard InChI is InChI=1S/C21H17N3O3/c1-13(11-22)12-23-20-16-10-15(7-6-14(16)8-9-19(20)27-2)17-4-3-5-18(24-17)21(25)26/h3-10,23H,1,12H2,2H3,(H,25,26). The highest BCUT2D eigenvalue weighted by molar-refractivity contribution is 5.99. The topological polar surface area (TPSA) is 95.2 Å². The van der Waals surface area contributed by atoms with Crippen LogP contribution in [0.25, 0.3) is 22.0 Å². The Kier molecular flexibility index (Phi) is 5.04. The van der Waals surface area contributed by atoms with Gasteiger partial charge in [0.05, 0.1) is 24.6 Å². The first-order valence-corrected chi connectivity index (χ1v) is 8.16. The molecule has 27 heavy (non-hydrogen) atoms. The van der Waals surface area contributed by atoms with Crippen molar-refractivity contribution in [3.8, 4) is 23.1 Å². The number of hydrogen-bond donors (Lipinski definition) is 2. The number of nitrogens with zero attached hydrogens (tertiary/aromatic N) is 2. The molecule has 0 saturated heterocycles. The normalized spacial score (nSPS) is 10.2. The summed E-state index contributed by atoms with van der Waals surface area (Å²) in [4.78, 5) is 15.4. The van der Waals surface area contributed by atoms with Gasteiger partial charge >= 0.3 is 5.97 Å². The summed E-state index contributed by atoms with van der Waals surface area (Å²) in [6, 6.07) is 16.4. The number of aromatic carboxylic acids is 1. The third kappa shape index (κ3) is 3.72. The molecule has 6 nitrogen and oxygen atoms in total. The first-order valence-electron chi connectivity index (χ1n) is 8.16. The molecule has 2 N–H and O–H groups in total. The Labute approximate surface area is 156 Å². The average molecular weight is 359 g/mol. The van der Waals surface area contributed by atoms with Crippen molar-refractivity contribution in [3.63, 3.8) is 0 Å². The van der Waals surface area contributed by atoms with Gasteiger partial charge in [-0.3, -0.25) is 0 Å². The van der Waals surface area contributed by atoms with E-state index in [4.69, 9.17) is 15.1 Å². The van der Waals surface area contributed by atoms with Crippen LogP contribution in [0.1, 0.15) is 10.5 Å². The number of nitriles is 1. The van der Waals surface area contributed by atoms with Crippen LogP contribution in [0.5, 0.6) is 5.75 Å². The minimum absolute atomic E-state index is 0.0121. The van der Waals surface area contributed by atoms with E-state index in [1.165, 1.54) is 6.07 Å². The van der Waals surface area contributed by atoms with Crippen LogP contribution >= 0.6 is 0 Å². The number of pyridine rings is 1. The van der Waals surface area contributed by atoms with Gasteiger partial charge in [-0.05, 0) is 29.7 Å². The molecule has 0 aliphatic carbocycles. The van der Waals surface area contributed by atoms with E-state index in [1.54, 1.807) is 19.2 Å². The number of carbonyl (C=O) groups is 1. The molecule has 0 fully saturated rings. The lowest BCUT2D eigenvalue weighted by molar-refractivity contribution is 0.0690. The van der Waals surface area contributed by atoms with E-state index >= 15 is 0 Å². The molecule has 0 bridgehead atoms. The number of carboxylic acid groups (broad SMARTS) is 1. The summed E-state index contributed by atoms with van der Waals surface area (Å²) in [5.74, 6) is -0.436. The average Bonchev–Trinajstić information content (AvgIpc) is 2.71. The Bertz CT molecular complexity index is 1080. The number of aromatic nitrogens is 1. The maximum atomic E-state index is 11.2. The number of methoxy groups -OCH3 is 1. The second kappa shape index (κ2) is 7.58. The van der Waals surface area contributed by atoms with Gasteiger partial charge in [0.15, 0.2) is 0 Å². The molecule has 0 unspecified atom stereocenters. The predicted molar refractivity (Wildman–Crippen MR) is 104 cm³/mol. The van der Waals surface area contributed by atoms with Crippen molar-refractivity contribution < 1.29 is 14.6 Å². The Morgan fingerprint density at radius 3 is 2.78 bits per heavy atom. The van der Waals surface area contributed by atoms with Gasteiger partial charge in [0.25, 0.3) is 0 Å². The number of carboxylic acids is 1. The van der Waals surface area contributed by atoms with Gasteiger partial charge in [0, 0.05) is 23.1 Å². The van der Waals surface area contributed by atoms with Crippen molar-refractivity contribution in [2.45, 2.75) is 0 Å². The Morgan fingerprint density at radius 2 is 2.07 bits per heavy atom. The molecule has 0 amide bonds. The van der Waals surface area contributed by atoms with Gasteiger partial charge in [0.1, 0.15) is 11.4 Å². The smallest absolute Gasteiger partial charge is 0.354 e. The maximum absolute atomic E-state index is 11.2. The van der Waals surface area contributed by atoms with E-state index in [2.05, 4.69) is 16.9 Å². The molecule has 0 radical (unpaired) electrons. The van der Waals surface area contributed by atoms with Crippen molar-refractivity contribution in [2.75, 3.05) is 19.0 Å². The molecule has 0 spiro atoms. The van der Waals surface area contributed by atoms with Crippen LogP contribution in [0.4, 0.5) is 5.69 Å². The Balaban J connectivity index is 2.12. The molecule has 0 aliphatic heterocycles. The molecule has 1 heterocycles. The fourth-order valence-electron chi connectivity index (χ4n) is 2.76. The van der Waals surface area contributed by atoms with E-state index in [0.717, 1.165) is 22.0 Å². The predicted octanol–water partition coefficient (Wildman–Crippen LogP) is 4.10. The van der Waals surface area contributed by atoms with Crippen LogP contribution < -0.4 is 10.1 Å². The molecule has 1 aromatic heterocycles. The number of benzene rings is 2. The Hall–Kier alpha value is -3.85. The molecule has 134 valence electrons. The van der Waals surface area contributed by atoms with Crippen LogP contribution in [0.2, 0.25) is 0 Å². The number of anilines is 1. The van der Waals surface area contributed by atoms with Gasteiger partial charge in [-0.2, -0.15) is 5.26 Å². The quantitative estimate of drug-likeness (QED) is 0.643.